The molecule has 0 saturated carbocycles. The quantitative estimate of drug-likeness (QED) is 0.379. The van der Waals surface area contributed by atoms with Crippen molar-refractivity contribution in [2.24, 2.45) is 0 Å². The van der Waals surface area contributed by atoms with Crippen LogP contribution in [0.5, 0.6) is 5.75 Å². The summed E-state index contributed by atoms with van der Waals surface area (Å²) >= 11 is 1.53. The highest BCUT2D eigenvalue weighted by Crippen LogP contribution is 2.24. The summed E-state index contributed by atoms with van der Waals surface area (Å²) in [6.45, 7) is 0.523. The highest BCUT2D eigenvalue weighted by molar-refractivity contribution is 8.00. The molecule has 0 unspecified atom stereocenters. The Balaban J connectivity index is 1.27. The summed E-state index contributed by atoms with van der Waals surface area (Å²) in [7, 11) is 0. The molecule has 4 heteroatoms. The minimum Gasteiger partial charge on any atom is -0.489 e. The molecule has 0 atom stereocenters. The van der Waals surface area contributed by atoms with Crippen LogP contribution in [0.25, 0.3) is 10.8 Å². The molecule has 0 radical (unpaired) electrons. The van der Waals surface area contributed by atoms with Gasteiger partial charge in [0.15, 0.2) is 0 Å². The van der Waals surface area contributed by atoms with Gasteiger partial charge in [0.1, 0.15) is 12.4 Å². The maximum Gasteiger partial charge on any atom is 0.234 e. The molecule has 0 fully saturated rings. The van der Waals surface area contributed by atoms with Gasteiger partial charge < -0.3 is 10.1 Å². The van der Waals surface area contributed by atoms with Crippen LogP contribution in [0.15, 0.2) is 102 Å². The Labute approximate surface area is 174 Å². The van der Waals surface area contributed by atoms with E-state index in [-0.39, 0.29) is 5.91 Å². The zero-order valence-corrected chi connectivity index (χ0v) is 16.7. The Morgan fingerprint density at radius 3 is 2.31 bits per heavy atom. The van der Waals surface area contributed by atoms with Crippen molar-refractivity contribution in [3.8, 4) is 5.75 Å². The van der Waals surface area contributed by atoms with Gasteiger partial charge in [-0.05, 0) is 52.7 Å². The average molecular weight is 400 g/mol. The Bertz CT molecular complexity index is 1090. The second-order valence-electron chi connectivity index (χ2n) is 6.64. The number of nitrogens with one attached hydrogen (secondary N) is 1. The molecule has 4 aromatic carbocycles. The zero-order chi connectivity index (χ0) is 19.9. The number of carbonyl (C=O) groups is 1. The van der Waals surface area contributed by atoms with Gasteiger partial charge in [-0.1, -0.05) is 60.7 Å². The lowest BCUT2D eigenvalue weighted by Gasteiger charge is -2.09. The van der Waals surface area contributed by atoms with Gasteiger partial charge in [0, 0.05) is 10.6 Å². The molecule has 0 aliphatic rings. The topological polar surface area (TPSA) is 38.3 Å². The van der Waals surface area contributed by atoms with Crippen molar-refractivity contribution in [2.45, 2.75) is 11.5 Å². The molecule has 4 aromatic rings. The summed E-state index contributed by atoms with van der Waals surface area (Å²) in [5.74, 6) is 1.11. The van der Waals surface area contributed by atoms with Crippen LogP contribution in [0.1, 0.15) is 5.56 Å². The van der Waals surface area contributed by atoms with E-state index >= 15 is 0 Å². The van der Waals surface area contributed by atoms with Gasteiger partial charge in [-0.2, -0.15) is 0 Å². The zero-order valence-electron chi connectivity index (χ0n) is 15.9. The van der Waals surface area contributed by atoms with Gasteiger partial charge in [0.2, 0.25) is 5.91 Å². The monoisotopic (exact) mass is 399 g/mol. The molecule has 0 heterocycles. The summed E-state index contributed by atoms with van der Waals surface area (Å²) in [4.78, 5) is 13.4. The van der Waals surface area contributed by atoms with Gasteiger partial charge >= 0.3 is 0 Å². The number of fused-ring (bicyclic) bond motifs is 1. The standard InChI is InChI=1S/C25H21NO2S/c27-25(18-29-24-15-10-20-8-4-5-9-21(20)16-24)26-22-11-13-23(14-12-22)28-17-19-6-2-1-3-7-19/h1-16H,17-18H2,(H,26,27). The van der Waals surface area contributed by atoms with Crippen molar-refractivity contribution in [2.75, 3.05) is 11.1 Å². The predicted octanol–water partition coefficient (Wildman–Crippen LogP) is 6.15. The lowest BCUT2D eigenvalue weighted by atomic mass is 10.1. The molecule has 0 saturated heterocycles. The number of benzene rings is 4. The SMILES string of the molecule is O=C(CSc1ccc2ccccc2c1)Nc1ccc(OCc2ccccc2)cc1. The van der Waals surface area contributed by atoms with E-state index in [0.717, 1.165) is 21.9 Å². The summed E-state index contributed by atoms with van der Waals surface area (Å²) in [5.41, 5.74) is 1.89. The molecule has 1 amide bonds. The Hall–Kier alpha value is -3.24. The number of hydrogen-bond donors (Lipinski definition) is 1. The molecule has 0 bridgehead atoms. The van der Waals surface area contributed by atoms with E-state index in [1.807, 2.05) is 66.7 Å². The first-order valence-electron chi connectivity index (χ1n) is 9.44. The normalized spacial score (nSPS) is 10.6. The Morgan fingerprint density at radius 1 is 0.793 bits per heavy atom. The number of anilines is 1. The van der Waals surface area contributed by atoms with Crippen molar-refractivity contribution in [3.05, 3.63) is 103 Å². The predicted molar refractivity (Wildman–Crippen MR) is 121 cm³/mol. The number of ether oxygens (including phenoxy) is 1. The summed E-state index contributed by atoms with van der Waals surface area (Å²) in [6.07, 6.45) is 0. The van der Waals surface area contributed by atoms with Crippen molar-refractivity contribution < 1.29 is 9.53 Å². The van der Waals surface area contributed by atoms with E-state index in [1.165, 1.54) is 22.5 Å². The van der Waals surface area contributed by atoms with Gasteiger partial charge in [-0.15, -0.1) is 11.8 Å². The second kappa shape index (κ2) is 9.30. The van der Waals surface area contributed by atoms with Gasteiger partial charge in [0.25, 0.3) is 0 Å². The Morgan fingerprint density at radius 2 is 1.52 bits per heavy atom. The molecule has 0 aliphatic carbocycles. The summed E-state index contributed by atoms with van der Waals surface area (Å²) in [6, 6.07) is 32.0. The summed E-state index contributed by atoms with van der Waals surface area (Å²) < 4.78 is 5.78. The van der Waals surface area contributed by atoms with E-state index in [1.54, 1.807) is 0 Å². The molecule has 1 N–H and O–H groups in total. The minimum atomic E-state index is -0.0267. The number of amides is 1. The molecular weight excluding hydrogens is 378 g/mol. The third-order valence-electron chi connectivity index (χ3n) is 4.48. The highest BCUT2D eigenvalue weighted by Gasteiger charge is 2.05. The van der Waals surface area contributed by atoms with Crippen molar-refractivity contribution >= 4 is 34.1 Å². The number of hydrogen-bond acceptors (Lipinski definition) is 3. The number of thioether (sulfide) groups is 1. The van der Waals surface area contributed by atoms with Crippen LogP contribution >= 0.6 is 11.8 Å². The first kappa shape index (κ1) is 19.1. The maximum absolute atomic E-state index is 12.3. The van der Waals surface area contributed by atoms with E-state index in [9.17, 15) is 4.79 Å². The second-order valence-corrected chi connectivity index (χ2v) is 7.69. The fourth-order valence-electron chi connectivity index (χ4n) is 2.98. The smallest absolute Gasteiger partial charge is 0.234 e. The molecule has 29 heavy (non-hydrogen) atoms. The van der Waals surface area contributed by atoms with Gasteiger partial charge in [0.05, 0.1) is 5.75 Å². The van der Waals surface area contributed by atoms with Gasteiger partial charge in [-0.25, -0.2) is 0 Å². The van der Waals surface area contributed by atoms with Crippen LogP contribution in [0, 0.1) is 0 Å². The van der Waals surface area contributed by atoms with Crippen molar-refractivity contribution in [1.82, 2.24) is 0 Å². The third kappa shape index (κ3) is 5.39. The lowest BCUT2D eigenvalue weighted by molar-refractivity contribution is -0.113. The van der Waals surface area contributed by atoms with Crippen LogP contribution in [0.3, 0.4) is 0 Å². The molecule has 0 aromatic heterocycles. The van der Waals surface area contributed by atoms with Crippen LogP contribution in [0.4, 0.5) is 5.69 Å². The first-order valence-corrected chi connectivity index (χ1v) is 10.4. The summed E-state index contributed by atoms with van der Waals surface area (Å²) in [5, 5.41) is 5.32. The van der Waals surface area contributed by atoms with Crippen LogP contribution < -0.4 is 10.1 Å². The molecular formula is C25H21NO2S. The maximum atomic E-state index is 12.3. The van der Waals surface area contributed by atoms with Crippen molar-refractivity contribution in [1.29, 1.82) is 0 Å². The fourth-order valence-corrected chi connectivity index (χ4v) is 3.72. The first-order chi connectivity index (χ1) is 14.3. The molecule has 144 valence electrons. The van der Waals surface area contributed by atoms with Crippen LogP contribution in [-0.4, -0.2) is 11.7 Å². The van der Waals surface area contributed by atoms with Gasteiger partial charge in [-0.3, -0.25) is 4.79 Å². The molecule has 4 rings (SSSR count). The van der Waals surface area contributed by atoms with Crippen LogP contribution in [0.2, 0.25) is 0 Å². The van der Waals surface area contributed by atoms with E-state index < -0.39 is 0 Å². The van der Waals surface area contributed by atoms with Crippen LogP contribution in [-0.2, 0) is 11.4 Å². The highest BCUT2D eigenvalue weighted by atomic mass is 32.2. The van der Waals surface area contributed by atoms with E-state index in [4.69, 9.17) is 4.74 Å². The van der Waals surface area contributed by atoms with E-state index in [2.05, 4.69) is 35.6 Å². The largest absolute Gasteiger partial charge is 0.489 e. The van der Waals surface area contributed by atoms with Crippen molar-refractivity contribution in [3.63, 3.8) is 0 Å². The third-order valence-corrected chi connectivity index (χ3v) is 5.47. The lowest BCUT2D eigenvalue weighted by Crippen LogP contribution is -2.13. The number of rotatable bonds is 7. The minimum absolute atomic E-state index is 0.0267. The molecule has 0 aliphatic heterocycles. The molecule has 0 spiro atoms. The average Bonchev–Trinajstić information content (AvgIpc) is 2.78. The Kier molecular flexibility index (Phi) is 6.13. The fraction of sp³-hybridized carbons (Fsp3) is 0.0800. The van der Waals surface area contributed by atoms with E-state index in [0.29, 0.717) is 12.4 Å². The molecule has 3 nitrogen and oxygen atoms in total. The number of carbonyl (C=O) groups excluding carboxylic acids is 1.